The second kappa shape index (κ2) is 8.23. The number of piperazine rings is 1. The summed E-state index contributed by atoms with van der Waals surface area (Å²) in [6, 6.07) is 9.76. The molecule has 30 heavy (non-hydrogen) atoms. The summed E-state index contributed by atoms with van der Waals surface area (Å²) in [4.78, 5) is 32.7. The predicted octanol–water partition coefficient (Wildman–Crippen LogP) is 2.45. The molecule has 1 fully saturated rings. The predicted molar refractivity (Wildman–Crippen MR) is 118 cm³/mol. The van der Waals surface area contributed by atoms with Gasteiger partial charge in [-0.25, -0.2) is 9.97 Å². The first-order valence-corrected chi connectivity index (χ1v) is 10.3. The van der Waals surface area contributed by atoms with Gasteiger partial charge in [-0.2, -0.15) is 4.98 Å². The van der Waals surface area contributed by atoms with Crippen molar-refractivity contribution in [3.05, 3.63) is 48.9 Å². The van der Waals surface area contributed by atoms with Crippen LogP contribution in [0.4, 0.5) is 11.5 Å². The standard InChI is InChI=1S/C20H21N7O.C2H6/c1-24-10-11-26-16(13-24)19(28)25(2)15-12-22-20(23-18(15)26)27-9-8-21-17(27)14-6-4-3-5-7-14;1-2/h3-9,12,16H,10-11,13H2,1-2H3;1-2H3. The van der Waals surface area contributed by atoms with Crippen molar-refractivity contribution < 1.29 is 4.79 Å². The van der Waals surface area contributed by atoms with E-state index in [9.17, 15) is 4.79 Å². The second-order valence-corrected chi connectivity index (χ2v) is 7.23. The number of carbonyl (C=O) groups is 1. The minimum Gasteiger partial charge on any atom is -0.340 e. The number of rotatable bonds is 2. The Kier molecular flexibility index (Phi) is 5.50. The van der Waals surface area contributed by atoms with Crippen LogP contribution in [0.3, 0.4) is 0 Å². The van der Waals surface area contributed by atoms with E-state index >= 15 is 0 Å². The Morgan fingerprint density at radius 3 is 2.57 bits per heavy atom. The fraction of sp³-hybridized carbons (Fsp3) is 0.364. The van der Waals surface area contributed by atoms with Crippen LogP contribution in [0.1, 0.15) is 13.8 Å². The number of hydrogen-bond acceptors (Lipinski definition) is 6. The molecule has 2 aromatic heterocycles. The molecule has 0 N–H and O–H groups in total. The number of fused-ring (bicyclic) bond motifs is 3. The zero-order chi connectivity index (χ0) is 21.3. The molecular weight excluding hydrogens is 378 g/mol. The normalized spacial score (nSPS) is 18.4. The molecule has 1 unspecified atom stereocenters. The quantitative estimate of drug-likeness (QED) is 0.652. The molecular formula is C22H27N7O. The molecule has 1 saturated heterocycles. The molecule has 2 aliphatic heterocycles. The summed E-state index contributed by atoms with van der Waals surface area (Å²) in [5.74, 6) is 2.23. The highest BCUT2D eigenvalue weighted by atomic mass is 16.2. The lowest BCUT2D eigenvalue weighted by molar-refractivity contribution is -0.120. The van der Waals surface area contributed by atoms with Gasteiger partial charge in [0.05, 0.1) is 6.20 Å². The Morgan fingerprint density at radius 1 is 1.03 bits per heavy atom. The fourth-order valence-corrected chi connectivity index (χ4v) is 3.91. The Bertz CT molecular complexity index is 1030. The highest BCUT2D eigenvalue weighted by molar-refractivity contribution is 6.04. The molecule has 8 nitrogen and oxygen atoms in total. The Morgan fingerprint density at radius 2 is 1.80 bits per heavy atom. The third kappa shape index (κ3) is 3.33. The third-order valence-corrected chi connectivity index (χ3v) is 5.46. The smallest absolute Gasteiger partial charge is 0.250 e. The molecule has 5 rings (SSSR count). The van der Waals surface area contributed by atoms with Gasteiger partial charge >= 0.3 is 0 Å². The van der Waals surface area contributed by atoms with E-state index in [1.807, 2.05) is 62.0 Å². The Hall–Kier alpha value is -3.26. The van der Waals surface area contributed by atoms with Crippen molar-refractivity contribution in [3.8, 4) is 17.3 Å². The number of carbonyl (C=O) groups excluding carboxylic acids is 1. The fourth-order valence-electron chi connectivity index (χ4n) is 3.91. The van der Waals surface area contributed by atoms with E-state index in [0.29, 0.717) is 12.5 Å². The monoisotopic (exact) mass is 405 g/mol. The second-order valence-electron chi connectivity index (χ2n) is 7.23. The highest BCUT2D eigenvalue weighted by Crippen LogP contribution is 2.35. The summed E-state index contributed by atoms with van der Waals surface area (Å²) in [5, 5.41) is 0. The number of benzene rings is 1. The van der Waals surface area contributed by atoms with Crippen molar-refractivity contribution >= 4 is 17.4 Å². The molecule has 1 aromatic carbocycles. The summed E-state index contributed by atoms with van der Waals surface area (Å²) >= 11 is 0. The molecule has 156 valence electrons. The van der Waals surface area contributed by atoms with Crippen molar-refractivity contribution in [3.63, 3.8) is 0 Å². The number of anilines is 2. The van der Waals surface area contributed by atoms with Crippen molar-refractivity contribution in [2.75, 3.05) is 43.5 Å². The minimum atomic E-state index is -0.213. The van der Waals surface area contributed by atoms with Crippen LogP contribution in [0.2, 0.25) is 0 Å². The molecule has 0 saturated carbocycles. The van der Waals surface area contributed by atoms with Gasteiger partial charge in [-0.05, 0) is 7.05 Å². The highest BCUT2D eigenvalue weighted by Gasteiger charge is 2.40. The van der Waals surface area contributed by atoms with Gasteiger partial charge in [0, 0.05) is 44.6 Å². The maximum absolute atomic E-state index is 12.8. The molecule has 0 radical (unpaired) electrons. The maximum Gasteiger partial charge on any atom is 0.250 e. The van der Waals surface area contributed by atoms with Crippen LogP contribution in [-0.2, 0) is 4.79 Å². The van der Waals surface area contributed by atoms with Crippen molar-refractivity contribution in [2.24, 2.45) is 0 Å². The van der Waals surface area contributed by atoms with Crippen molar-refractivity contribution in [1.82, 2.24) is 24.4 Å². The van der Waals surface area contributed by atoms with Gasteiger partial charge in [0.2, 0.25) is 5.95 Å². The maximum atomic E-state index is 12.8. The first-order valence-electron chi connectivity index (χ1n) is 10.3. The average Bonchev–Trinajstić information content (AvgIpc) is 3.29. The Labute approximate surface area is 176 Å². The van der Waals surface area contributed by atoms with E-state index in [1.165, 1.54) is 0 Å². The van der Waals surface area contributed by atoms with Gasteiger partial charge in [0.1, 0.15) is 17.6 Å². The third-order valence-electron chi connectivity index (χ3n) is 5.46. The van der Waals surface area contributed by atoms with Gasteiger partial charge in [0.15, 0.2) is 5.82 Å². The number of aromatic nitrogens is 4. The molecule has 1 amide bonds. The summed E-state index contributed by atoms with van der Waals surface area (Å²) in [5.41, 5.74) is 1.74. The van der Waals surface area contributed by atoms with Crippen LogP contribution in [0, 0.1) is 0 Å². The first-order chi connectivity index (χ1) is 14.6. The molecule has 1 atom stereocenters. The number of nitrogens with zero attached hydrogens (tertiary/aromatic N) is 7. The average molecular weight is 406 g/mol. The number of likely N-dealkylation sites (N-methyl/N-ethyl adjacent to an activating group) is 2. The molecule has 3 aromatic rings. The molecule has 4 heterocycles. The van der Waals surface area contributed by atoms with Gasteiger partial charge < -0.3 is 14.7 Å². The van der Waals surface area contributed by atoms with Gasteiger partial charge in [-0.15, -0.1) is 0 Å². The van der Waals surface area contributed by atoms with Crippen LogP contribution in [0.25, 0.3) is 17.3 Å². The van der Waals surface area contributed by atoms with Crippen LogP contribution in [-0.4, -0.2) is 70.1 Å². The van der Waals surface area contributed by atoms with E-state index in [4.69, 9.17) is 4.98 Å². The van der Waals surface area contributed by atoms with Gasteiger partial charge in [0.25, 0.3) is 5.91 Å². The molecule has 0 bridgehead atoms. The van der Waals surface area contributed by atoms with Crippen LogP contribution in [0.15, 0.2) is 48.9 Å². The lowest BCUT2D eigenvalue weighted by atomic mass is 10.1. The summed E-state index contributed by atoms with van der Waals surface area (Å²) < 4.78 is 1.89. The van der Waals surface area contributed by atoms with Crippen molar-refractivity contribution in [2.45, 2.75) is 19.9 Å². The van der Waals surface area contributed by atoms with E-state index in [-0.39, 0.29) is 11.9 Å². The zero-order valence-corrected chi connectivity index (χ0v) is 17.9. The van der Waals surface area contributed by atoms with Crippen LogP contribution >= 0.6 is 0 Å². The first kappa shape index (κ1) is 20.0. The minimum absolute atomic E-state index is 0.0861. The van der Waals surface area contributed by atoms with E-state index in [2.05, 4.69) is 19.8 Å². The van der Waals surface area contributed by atoms with Crippen LogP contribution in [0.5, 0.6) is 0 Å². The number of hydrogen-bond donors (Lipinski definition) is 0. The number of amides is 1. The topological polar surface area (TPSA) is 70.4 Å². The van der Waals surface area contributed by atoms with Gasteiger partial charge in [-0.3, -0.25) is 9.36 Å². The summed E-state index contributed by atoms with van der Waals surface area (Å²) in [6.07, 6.45) is 5.35. The van der Waals surface area contributed by atoms with E-state index in [0.717, 1.165) is 36.0 Å². The van der Waals surface area contributed by atoms with Crippen molar-refractivity contribution in [1.29, 1.82) is 0 Å². The molecule has 2 aliphatic rings. The molecule has 0 spiro atoms. The zero-order valence-electron chi connectivity index (χ0n) is 17.9. The van der Waals surface area contributed by atoms with Crippen LogP contribution < -0.4 is 9.80 Å². The number of imidazole rings is 1. The Balaban J connectivity index is 0.00000106. The van der Waals surface area contributed by atoms with Gasteiger partial charge in [-0.1, -0.05) is 44.2 Å². The largest absolute Gasteiger partial charge is 0.340 e. The molecule has 8 heteroatoms. The summed E-state index contributed by atoms with van der Waals surface area (Å²) in [7, 11) is 3.84. The summed E-state index contributed by atoms with van der Waals surface area (Å²) in [6.45, 7) is 6.36. The molecule has 0 aliphatic carbocycles. The van der Waals surface area contributed by atoms with E-state index in [1.54, 1.807) is 24.3 Å². The lowest BCUT2D eigenvalue weighted by Gasteiger charge is -2.45. The SMILES string of the molecule is CC.CN1CCN2c3nc(-n4ccnc4-c4ccccc4)ncc3N(C)C(=O)C2C1. The lowest BCUT2D eigenvalue weighted by Crippen LogP contribution is -2.61. The van der Waals surface area contributed by atoms with E-state index < -0.39 is 0 Å².